The Labute approximate surface area is 142 Å². The van der Waals surface area contributed by atoms with Crippen LogP contribution in [0.5, 0.6) is 0 Å². The van der Waals surface area contributed by atoms with Crippen molar-refractivity contribution in [3.63, 3.8) is 0 Å². The maximum absolute atomic E-state index is 12.2. The Hall–Kier alpha value is -0.870. The highest BCUT2D eigenvalue weighted by atomic mass is 79.9. The van der Waals surface area contributed by atoms with Gasteiger partial charge < -0.3 is 10.6 Å². The smallest absolute Gasteiger partial charge is 0.220 e. The third-order valence-corrected chi connectivity index (χ3v) is 4.98. The number of carbonyl (C=O) groups excluding carboxylic acids is 1. The molecule has 2 rings (SSSR count). The predicted molar refractivity (Wildman–Crippen MR) is 94.8 cm³/mol. The number of amides is 1. The van der Waals surface area contributed by atoms with E-state index in [-0.39, 0.29) is 11.9 Å². The third kappa shape index (κ3) is 5.73. The lowest BCUT2D eigenvalue weighted by molar-refractivity contribution is -0.122. The molecule has 0 aliphatic carbocycles. The molecule has 2 N–H and O–H groups in total. The van der Waals surface area contributed by atoms with E-state index in [1.54, 1.807) is 0 Å². The van der Waals surface area contributed by atoms with Crippen LogP contribution in [0.4, 0.5) is 0 Å². The van der Waals surface area contributed by atoms with E-state index in [0.29, 0.717) is 18.3 Å². The fourth-order valence-electron chi connectivity index (χ4n) is 3.23. The number of nitrogens with one attached hydrogen (secondary N) is 2. The van der Waals surface area contributed by atoms with E-state index in [2.05, 4.69) is 52.5 Å². The van der Waals surface area contributed by atoms with Gasteiger partial charge in [-0.05, 0) is 68.8 Å². The summed E-state index contributed by atoms with van der Waals surface area (Å²) in [6.07, 6.45) is 3.98. The van der Waals surface area contributed by atoms with E-state index in [0.717, 1.165) is 24.0 Å². The standard InChI is InChI=1S/C18H27BrN2O/c1-13(16-6-4-8-20-12-16)9-18(22)21-14(2)10-15-5-3-7-17(19)11-15/h3,5,7,11,13-14,16,20H,4,6,8-10,12H2,1-2H3,(H,21,22). The molecule has 1 aliphatic rings. The summed E-state index contributed by atoms with van der Waals surface area (Å²) in [4.78, 5) is 12.2. The summed E-state index contributed by atoms with van der Waals surface area (Å²) in [5, 5.41) is 6.57. The van der Waals surface area contributed by atoms with Crippen LogP contribution in [0.25, 0.3) is 0 Å². The number of piperidine rings is 1. The summed E-state index contributed by atoms with van der Waals surface area (Å²) in [5.74, 6) is 1.27. The number of halogens is 1. The van der Waals surface area contributed by atoms with E-state index < -0.39 is 0 Å². The molecule has 0 aromatic heterocycles. The Kier molecular flexibility index (Phi) is 6.90. The molecule has 0 spiro atoms. The minimum absolute atomic E-state index is 0.165. The lowest BCUT2D eigenvalue weighted by atomic mass is 9.85. The number of hydrogen-bond donors (Lipinski definition) is 2. The quantitative estimate of drug-likeness (QED) is 0.808. The van der Waals surface area contributed by atoms with E-state index in [1.807, 2.05) is 12.1 Å². The molecule has 1 aromatic rings. The van der Waals surface area contributed by atoms with E-state index in [1.165, 1.54) is 18.4 Å². The molecule has 3 atom stereocenters. The first-order valence-electron chi connectivity index (χ1n) is 8.29. The summed E-state index contributed by atoms with van der Waals surface area (Å²) in [5.41, 5.74) is 1.24. The molecule has 3 unspecified atom stereocenters. The highest BCUT2D eigenvalue weighted by molar-refractivity contribution is 9.10. The molecule has 1 heterocycles. The van der Waals surface area contributed by atoms with Gasteiger partial charge in [-0.3, -0.25) is 4.79 Å². The first kappa shape index (κ1) is 17.5. The Morgan fingerprint density at radius 1 is 1.45 bits per heavy atom. The number of hydrogen-bond acceptors (Lipinski definition) is 2. The maximum atomic E-state index is 12.2. The Balaban J connectivity index is 1.75. The summed E-state index contributed by atoms with van der Waals surface area (Å²) < 4.78 is 1.09. The molecule has 0 saturated carbocycles. The van der Waals surface area contributed by atoms with Gasteiger partial charge in [-0.25, -0.2) is 0 Å². The third-order valence-electron chi connectivity index (χ3n) is 4.49. The topological polar surface area (TPSA) is 41.1 Å². The monoisotopic (exact) mass is 366 g/mol. The van der Waals surface area contributed by atoms with Crippen molar-refractivity contribution in [1.29, 1.82) is 0 Å². The van der Waals surface area contributed by atoms with Crippen molar-refractivity contribution < 1.29 is 4.79 Å². The molecule has 1 aliphatic heterocycles. The minimum Gasteiger partial charge on any atom is -0.353 e. The number of rotatable bonds is 6. The molecule has 3 nitrogen and oxygen atoms in total. The SMILES string of the molecule is CC(Cc1cccc(Br)c1)NC(=O)CC(C)C1CCCNC1. The predicted octanol–water partition coefficient (Wildman–Crippen LogP) is 3.52. The first-order chi connectivity index (χ1) is 10.5. The zero-order valence-corrected chi connectivity index (χ0v) is 15.2. The van der Waals surface area contributed by atoms with Gasteiger partial charge >= 0.3 is 0 Å². The van der Waals surface area contributed by atoms with Crippen LogP contribution in [-0.2, 0) is 11.2 Å². The molecule has 1 fully saturated rings. The van der Waals surface area contributed by atoms with Gasteiger partial charge in [0.25, 0.3) is 0 Å². The first-order valence-corrected chi connectivity index (χ1v) is 9.08. The zero-order valence-electron chi connectivity index (χ0n) is 13.6. The van der Waals surface area contributed by atoms with Crippen LogP contribution < -0.4 is 10.6 Å². The van der Waals surface area contributed by atoms with Gasteiger partial charge in [0.15, 0.2) is 0 Å². The van der Waals surface area contributed by atoms with Gasteiger partial charge in [0.05, 0.1) is 0 Å². The lowest BCUT2D eigenvalue weighted by Crippen LogP contribution is -2.38. The highest BCUT2D eigenvalue weighted by Crippen LogP contribution is 2.22. The van der Waals surface area contributed by atoms with Crippen molar-refractivity contribution in [3.8, 4) is 0 Å². The number of benzene rings is 1. The second-order valence-corrected chi connectivity index (χ2v) is 7.51. The van der Waals surface area contributed by atoms with Crippen LogP contribution in [0.15, 0.2) is 28.7 Å². The van der Waals surface area contributed by atoms with Crippen LogP contribution in [0.1, 0.15) is 38.7 Å². The molecular weight excluding hydrogens is 340 g/mol. The largest absolute Gasteiger partial charge is 0.353 e. The Morgan fingerprint density at radius 2 is 2.27 bits per heavy atom. The van der Waals surface area contributed by atoms with E-state index in [4.69, 9.17) is 0 Å². The molecule has 0 radical (unpaired) electrons. The van der Waals surface area contributed by atoms with E-state index in [9.17, 15) is 4.79 Å². The molecule has 0 bridgehead atoms. The zero-order chi connectivity index (χ0) is 15.9. The van der Waals surface area contributed by atoms with Gasteiger partial charge in [-0.15, -0.1) is 0 Å². The van der Waals surface area contributed by atoms with Crippen molar-refractivity contribution in [3.05, 3.63) is 34.3 Å². The summed E-state index contributed by atoms with van der Waals surface area (Å²) in [7, 11) is 0. The van der Waals surface area contributed by atoms with Crippen molar-refractivity contribution in [1.82, 2.24) is 10.6 Å². The molecule has 122 valence electrons. The van der Waals surface area contributed by atoms with Crippen molar-refractivity contribution in [2.45, 2.75) is 45.6 Å². The van der Waals surface area contributed by atoms with Crippen molar-refractivity contribution in [2.75, 3.05) is 13.1 Å². The summed E-state index contributed by atoms with van der Waals surface area (Å²) in [6.45, 7) is 6.46. The van der Waals surface area contributed by atoms with Crippen LogP contribution in [-0.4, -0.2) is 25.0 Å². The van der Waals surface area contributed by atoms with Gasteiger partial charge in [-0.2, -0.15) is 0 Å². The average molecular weight is 367 g/mol. The van der Waals surface area contributed by atoms with Gasteiger partial charge in [-0.1, -0.05) is 35.0 Å². The fraction of sp³-hybridized carbons (Fsp3) is 0.611. The fourth-order valence-corrected chi connectivity index (χ4v) is 3.67. The molecule has 1 amide bonds. The highest BCUT2D eigenvalue weighted by Gasteiger charge is 2.22. The van der Waals surface area contributed by atoms with Gasteiger partial charge in [0.1, 0.15) is 0 Å². The van der Waals surface area contributed by atoms with Crippen LogP contribution >= 0.6 is 15.9 Å². The minimum atomic E-state index is 0.165. The molecular formula is C18H27BrN2O. The van der Waals surface area contributed by atoms with Crippen molar-refractivity contribution >= 4 is 21.8 Å². The Bertz CT molecular complexity index is 486. The average Bonchev–Trinajstić information content (AvgIpc) is 2.47. The molecule has 1 aromatic carbocycles. The second-order valence-electron chi connectivity index (χ2n) is 6.59. The Morgan fingerprint density at radius 3 is 2.95 bits per heavy atom. The van der Waals surface area contributed by atoms with Gasteiger partial charge in [0, 0.05) is 16.9 Å². The van der Waals surface area contributed by atoms with Gasteiger partial charge in [0.2, 0.25) is 5.91 Å². The van der Waals surface area contributed by atoms with Crippen molar-refractivity contribution in [2.24, 2.45) is 11.8 Å². The van der Waals surface area contributed by atoms with Crippen LogP contribution in [0.2, 0.25) is 0 Å². The molecule has 1 saturated heterocycles. The number of carbonyl (C=O) groups is 1. The summed E-state index contributed by atoms with van der Waals surface area (Å²) in [6, 6.07) is 8.43. The van der Waals surface area contributed by atoms with E-state index >= 15 is 0 Å². The maximum Gasteiger partial charge on any atom is 0.220 e. The second kappa shape index (κ2) is 8.68. The normalized spacial score (nSPS) is 21.1. The summed E-state index contributed by atoms with van der Waals surface area (Å²) >= 11 is 3.49. The lowest BCUT2D eigenvalue weighted by Gasteiger charge is -2.28. The van der Waals surface area contributed by atoms with Crippen LogP contribution in [0, 0.1) is 11.8 Å². The molecule has 4 heteroatoms. The molecule has 22 heavy (non-hydrogen) atoms. The van der Waals surface area contributed by atoms with Crippen LogP contribution in [0.3, 0.4) is 0 Å².